The topological polar surface area (TPSA) is 37.4 Å². The maximum Gasteiger partial charge on any atom is 0.290 e. The summed E-state index contributed by atoms with van der Waals surface area (Å²) < 4.78 is 0. The Hall–Kier alpha value is -1.29. The van der Waals surface area contributed by atoms with Crippen LogP contribution in [0.4, 0.5) is 0 Å². The van der Waals surface area contributed by atoms with Gasteiger partial charge in [-0.25, -0.2) is 0 Å². The lowest BCUT2D eigenvalue weighted by Gasteiger charge is -2.25. The summed E-state index contributed by atoms with van der Waals surface area (Å²) in [6.07, 6.45) is 3.20. The van der Waals surface area contributed by atoms with Gasteiger partial charge in [-0.15, -0.1) is 11.8 Å². The fourth-order valence-corrected chi connectivity index (χ4v) is 2.87. The first-order chi connectivity index (χ1) is 9.16. The van der Waals surface area contributed by atoms with Crippen molar-refractivity contribution in [2.24, 2.45) is 0 Å². The zero-order valence-corrected chi connectivity index (χ0v) is 12.0. The molecular formula is C15H19NO2S. The van der Waals surface area contributed by atoms with Crippen LogP contribution in [0.1, 0.15) is 24.8 Å². The summed E-state index contributed by atoms with van der Waals surface area (Å²) in [7, 11) is 0. The lowest BCUT2D eigenvalue weighted by molar-refractivity contribution is -0.143. The highest BCUT2D eigenvalue weighted by Gasteiger charge is 2.22. The minimum atomic E-state index is -0.306. The molecule has 0 aromatic heterocycles. The Kier molecular flexibility index (Phi) is 5.02. The fraction of sp³-hybridized carbons (Fsp3) is 0.467. The molecular weight excluding hydrogens is 258 g/mol. The van der Waals surface area contributed by atoms with Gasteiger partial charge in [0, 0.05) is 18.0 Å². The van der Waals surface area contributed by atoms with Crippen molar-refractivity contribution in [3.8, 4) is 0 Å². The van der Waals surface area contributed by atoms with Crippen molar-refractivity contribution in [1.82, 2.24) is 4.90 Å². The second kappa shape index (κ2) is 6.75. The van der Waals surface area contributed by atoms with Crippen molar-refractivity contribution in [2.45, 2.75) is 31.1 Å². The molecule has 1 amide bonds. The van der Waals surface area contributed by atoms with Gasteiger partial charge in [0.25, 0.3) is 5.91 Å². The minimum absolute atomic E-state index is 0.235. The summed E-state index contributed by atoms with van der Waals surface area (Å²) in [5.41, 5.74) is 1.19. The second-order valence-electron chi connectivity index (χ2n) is 4.88. The molecule has 3 nitrogen and oxygen atoms in total. The van der Waals surface area contributed by atoms with Gasteiger partial charge >= 0.3 is 0 Å². The van der Waals surface area contributed by atoms with Gasteiger partial charge in [0.15, 0.2) is 0 Å². The number of likely N-dealkylation sites (tertiary alicyclic amines) is 1. The molecule has 4 heteroatoms. The Labute approximate surface area is 118 Å². The monoisotopic (exact) mass is 277 g/mol. The zero-order chi connectivity index (χ0) is 13.7. The van der Waals surface area contributed by atoms with Crippen LogP contribution in [0, 0.1) is 6.92 Å². The van der Waals surface area contributed by atoms with Gasteiger partial charge in [0.1, 0.15) is 0 Å². The Morgan fingerprint density at radius 1 is 1.11 bits per heavy atom. The van der Waals surface area contributed by atoms with E-state index in [1.807, 2.05) is 31.2 Å². The van der Waals surface area contributed by atoms with E-state index < -0.39 is 0 Å². The number of hydrogen-bond acceptors (Lipinski definition) is 3. The van der Waals surface area contributed by atoms with Crippen molar-refractivity contribution in [3.05, 3.63) is 29.8 Å². The van der Waals surface area contributed by atoms with Crippen LogP contribution in [0.25, 0.3) is 0 Å². The summed E-state index contributed by atoms with van der Waals surface area (Å²) >= 11 is 1.43. The standard InChI is InChI=1S/C15H19NO2S/c1-12-5-7-13(8-6-12)19-11-14(17)15(18)16-9-3-2-4-10-16/h5-8H,2-4,9-11H2,1H3. The van der Waals surface area contributed by atoms with Crippen LogP contribution in [0.3, 0.4) is 0 Å². The third-order valence-electron chi connectivity index (χ3n) is 3.27. The predicted molar refractivity (Wildman–Crippen MR) is 77.3 cm³/mol. The first-order valence-electron chi connectivity index (χ1n) is 6.68. The number of amides is 1. The normalized spacial score (nSPS) is 15.3. The van der Waals surface area contributed by atoms with Crippen LogP contribution in [0.5, 0.6) is 0 Å². The van der Waals surface area contributed by atoms with Gasteiger partial charge in [0.05, 0.1) is 5.75 Å². The third-order valence-corrected chi connectivity index (χ3v) is 4.28. The highest BCUT2D eigenvalue weighted by atomic mass is 32.2. The smallest absolute Gasteiger partial charge is 0.290 e. The average Bonchev–Trinajstić information content (AvgIpc) is 2.46. The van der Waals surface area contributed by atoms with E-state index in [1.54, 1.807) is 4.90 Å². The van der Waals surface area contributed by atoms with E-state index in [0.29, 0.717) is 0 Å². The summed E-state index contributed by atoms with van der Waals surface area (Å²) in [4.78, 5) is 26.5. The molecule has 0 radical (unpaired) electrons. The van der Waals surface area contributed by atoms with Crippen LogP contribution in [-0.2, 0) is 9.59 Å². The van der Waals surface area contributed by atoms with Gasteiger partial charge in [0.2, 0.25) is 5.78 Å². The minimum Gasteiger partial charge on any atom is -0.336 e. The van der Waals surface area contributed by atoms with Gasteiger partial charge in [-0.2, -0.15) is 0 Å². The molecule has 1 heterocycles. The second-order valence-corrected chi connectivity index (χ2v) is 5.93. The zero-order valence-electron chi connectivity index (χ0n) is 11.2. The number of thioether (sulfide) groups is 1. The van der Waals surface area contributed by atoms with E-state index in [9.17, 15) is 9.59 Å². The molecule has 0 atom stereocenters. The highest BCUT2D eigenvalue weighted by molar-refractivity contribution is 8.00. The molecule has 1 aromatic rings. The van der Waals surface area contributed by atoms with Crippen LogP contribution in [0.2, 0.25) is 0 Å². The third kappa shape index (κ3) is 4.10. The van der Waals surface area contributed by atoms with E-state index in [-0.39, 0.29) is 17.4 Å². The molecule has 1 saturated heterocycles. The van der Waals surface area contributed by atoms with Crippen LogP contribution in [-0.4, -0.2) is 35.4 Å². The summed E-state index contributed by atoms with van der Waals surface area (Å²) in [6.45, 7) is 3.50. The molecule has 1 aliphatic rings. The van der Waals surface area contributed by atoms with Crippen molar-refractivity contribution in [2.75, 3.05) is 18.8 Å². The number of aryl methyl sites for hydroxylation is 1. The van der Waals surface area contributed by atoms with Gasteiger partial charge in [-0.05, 0) is 38.3 Å². The maximum absolute atomic E-state index is 11.9. The molecule has 102 valence electrons. The van der Waals surface area contributed by atoms with Crippen molar-refractivity contribution in [3.63, 3.8) is 0 Å². The number of benzene rings is 1. The Morgan fingerprint density at radius 3 is 2.37 bits per heavy atom. The lowest BCUT2D eigenvalue weighted by Crippen LogP contribution is -2.40. The quantitative estimate of drug-likeness (QED) is 0.627. The average molecular weight is 277 g/mol. The van der Waals surface area contributed by atoms with E-state index in [1.165, 1.54) is 17.3 Å². The predicted octanol–water partition coefficient (Wildman–Crippen LogP) is 2.67. The molecule has 0 spiro atoms. The lowest BCUT2D eigenvalue weighted by atomic mass is 10.1. The van der Waals surface area contributed by atoms with Gasteiger partial charge in [-0.3, -0.25) is 9.59 Å². The fourth-order valence-electron chi connectivity index (χ4n) is 2.12. The van der Waals surface area contributed by atoms with Crippen molar-refractivity contribution in [1.29, 1.82) is 0 Å². The van der Waals surface area contributed by atoms with Crippen LogP contribution in [0.15, 0.2) is 29.2 Å². The Bertz CT molecular complexity index is 450. The largest absolute Gasteiger partial charge is 0.336 e. The molecule has 1 aliphatic heterocycles. The number of carbonyl (C=O) groups is 2. The first kappa shape index (κ1) is 14.1. The molecule has 19 heavy (non-hydrogen) atoms. The summed E-state index contributed by atoms with van der Waals surface area (Å²) in [5.74, 6) is -0.356. The number of Topliss-reactive ketones (excluding diaryl/α,β-unsaturated/α-hetero) is 1. The number of piperidine rings is 1. The number of ketones is 1. The molecule has 0 bridgehead atoms. The molecule has 2 rings (SSSR count). The highest BCUT2D eigenvalue weighted by Crippen LogP contribution is 2.19. The van der Waals surface area contributed by atoms with Gasteiger partial charge in [-0.1, -0.05) is 17.7 Å². The Morgan fingerprint density at radius 2 is 1.74 bits per heavy atom. The number of rotatable bonds is 4. The van der Waals surface area contributed by atoms with Crippen LogP contribution < -0.4 is 0 Å². The summed E-state index contributed by atoms with van der Waals surface area (Å²) in [5, 5.41) is 0. The number of nitrogens with zero attached hydrogens (tertiary/aromatic N) is 1. The molecule has 0 N–H and O–H groups in total. The molecule has 0 saturated carbocycles. The SMILES string of the molecule is Cc1ccc(SCC(=O)C(=O)N2CCCCC2)cc1. The van der Waals surface area contributed by atoms with E-state index in [4.69, 9.17) is 0 Å². The number of hydrogen-bond donors (Lipinski definition) is 0. The van der Waals surface area contributed by atoms with Crippen LogP contribution >= 0.6 is 11.8 Å². The van der Waals surface area contributed by atoms with E-state index in [2.05, 4.69) is 0 Å². The van der Waals surface area contributed by atoms with Crippen molar-refractivity contribution >= 4 is 23.5 Å². The number of carbonyl (C=O) groups excluding carboxylic acids is 2. The molecule has 1 aromatic carbocycles. The molecule has 1 fully saturated rings. The van der Waals surface area contributed by atoms with E-state index in [0.717, 1.165) is 37.2 Å². The summed E-state index contributed by atoms with van der Waals surface area (Å²) in [6, 6.07) is 8.00. The van der Waals surface area contributed by atoms with Gasteiger partial charge < -0.3 is 4.90 Å². The maximum atomic E-state index is 11.9. The molecule has 0 unspecified atom stereocenters. The molecule has 0 aliphatic carbocycles. The van der Waals surface area contributed by atoms with E-state index >= 15 is 0 Å². The van der Waals surface area contributed by atoms with Crippen molar-refractivity contribution < 1.29 is 9.59 Å². The first-order valence-corrected chi connectivity index (χ1v) is 7.67. The Balaban J connectivity index is 1.83.